The maximum Gasteiger partial charge on any atom is 0.323 e. The van der Waals surface area contributed by atoms with E-state index in [4.69, 9.17) is 4.74 Å². The highest BCUT2D eigenvalue weighted by molar-refractivity contribution is 5.75. The van der Waals surface area contributed by atoms with Gasteiger partial charge in [-0.1, -0.05) is 34.6 Å². The number of ether oxygens (including phenoxy) is 1. The summed E-state index contributed by atoms with van der Waals surface area (Å²) in [6.45, 7) is 17.2. The first-order valence-electron chi connectivity index (χ1n) is 7.55. The van der Waals surface area contributed by atoms with Crippen LogP contribution in [0.3, 0.4) is 0 Å². The van der Waals surface area contributed by atoms with Gasteiger partial charge >= 0.3 is 5.97 Å². The predicted octanol–water partition coefficient (Wildman–Crippen LogP) is 4.11. The van der Waals surface area contributed by atoms with Gasteiger partial charge in [0.15, 0.2) is 0 Å². The SMILES string of the molecule is CC(C(=O)OC(C)(C)CC(C)(C)CC(C)(C)C)N(C)C. The van der Waals surface area contributed by atoms with Crippen LogP contribution in [0.4, 0.5) is 0 Å². The van der Waals surface area contributed by atoms with Gasteiger partial charge in [0.1, 0.15) is 11.6 Å². The molecule has 0 bridgehead atoms. The van der Waals surface area contributed by atoms with E-state index < -0.39 is 5.60 Å². The number of esters is 1. The van der Waals surface area contributed by atoms with Gasteiger partial charge in [0, 0.05) is 0 Å². The van der Waals surface area contributed by atoms with Crippen LogP contribution in [0.5, 0.6) is 0 Å². The van der Waals surface area contributed by atoms with Crippen molar-refractivity contribution in [3.05, 3.63) is 0 Å². The molecule has 0 amide bonds. The summed E-state index contributed by atoms with van der Waals surface area (Å²) in [7, 11) is 3.78. The molecule has 0 saturated carbocycles. The Morgan fingerprint density at radius 2 is 1.45 bits per heavy atom. The first kappa shape index (κ1) is 19.4. The zero-order valence-corrected chi connectivity index (χ0v) is 15.3. The summed E-state index contributed by atoms with van der Waals surface area (Å²) in [4.78, 5) is 14.0. The smallest absolute Gasteiger partial charge is 0.323 e. The Balaban J connectivity index is 4.70. The largest absolute Gasteiger partial charge is 0.458 e. The summed E-state index contributed by atoms with van der Waals surface area (Å²) in [5.41, 5.74) is -0.0139. The Morgan fingerprint density at radius 1 is 1.00 bits per heavy atom. The standard InChI is InChI=1S/C17H35NO2/c1-13(18(9)10)14(19)20-17(7,8)12-16(5,6)11-15(2,3)4/h13H,11-12H2,1-10H3. The highest BCUT2D eigenvalue weighted by Gasteiger charge is 2.35. The van der Waals surface area contributed by atoms with Crippen molar-refractivity contribution in [1.29, 1.82) is 0 Å². The molecular weight excluding hydrogens is 250 g/mol. The van der Waals surface area contributed by atoms with Gasteiger partial charge < -0.3 is 4.74 Å². The van der Waals surface area contributed by atoms with Gasteiger partial charge in [0.05, 0.1) is 0 Å². The van der Waals surface area contributed by atoms with E-state index in [0.29, 0.717) is 0 Å². The number of nitrogens with zero attached hydrogens (tertiary/aromatic N) is 1. The minimum absolute atomic E-state index is 0.142. The average Bonchev–Trinajstić information content (AvgIpc) is 2.08. The van der Waals surface area contributed by atoms with Crippen LogP contribution >= 0.6 is 0 Å². The van der Waals surface area contributed by atoms with Gasteiger partial charge in [0.2, 0.25) is 0 Å². The van der Waals surface area contributed by atoms with Gasteiger partial charge in [-0.3, -0.25) is 9.69 Å². The van der Waals surface area contributed by atoms with Gasteiger partial charge in [-0.05, 0) is 58.5 Å². The van der Waals surface area contributed by atoms with Crippen LogP contribution in [0, 0.1) is 10.8 Å². The minimum atomic E-state index is -0.434. The second-order valence-corrected chi connectivity index (χ2v) is 8.90. The number of rotatable bonds is 6. The second-order valence-electron chi connectivity index (χ2n) is 8.90. The average molecular weight is 285 g/mol. The molecule has 1 unspecified atom stereocenters. The second kappa shape index (κ2) is 6.46. The summed E-state index contributed by atoms with van der Waals surface area (Å²) in [5, 5.41) is 0. The van der Waals surface area contributed by atoms with Crippen LogP contribution in [0.25, 0.3) is 0 Å². The highest BCUT2D eigenvalue weighted by Crippen LogP contribution is 2.40. The van der Waals surface area contributed by atoms with Crippen LogP contribution in [-0.2, 0) is 9.53 Å². The summed E-state index contributed by atoms with van der Waals surface area (Å²) in [6.07, 6.45) is 1.97. The van der Waals surface area contributed by atoms with Gasteiger partial charge in [0.25, 0.3) is 0 Å². The lowest BCUT2D eigenvalue weighted by Gasteiger charge is -2.39. The van der Waals surface area contributed by atoms with E-state index in [9.17, 15) is 4.79 Å². The van der Waals surface area contributed by atoms with Crippen LogP contribution in [0.2, 0.25) is 0 Å². The lowest BCUT2D eigenvalue weighted by atomic mass is 9.71. The molecule has 20 heavy (non-hydrogen) atoms. The van der Waals surface area contributed by atoms with E-state index in [0.717, 1.165) is 12.8 Å². The molecule has 120 valence electrons. The molecule has 0 N–H and O–H groups in total. The van der Waals surface area contributed by atoms with Gasteiger partial charge in [-0.25, -0.2) is 0 Å². The summed E-state index contributed by atoms with van der Waals surface area (Å²) in [5.74, 6) is -0.147. The van der Waals surface area contributed by atoms with E-state index in [-0.39, 0.29) is 22.8 Å². The molecule has 0 radical (unpaired) electrons. The van der Waals surface area contributed by atoms with E-state index in [1.165, 1.54) is 0 Å². The van der Waals surface area contributed by atoms with Crippen molar-refractivity contribution in [2.75, 3.05) is 14.1 Å². The Kier molecular flexibility index (Phi) is 6.28. The lowest BCUT2D eigenvalue weighted by molar-refractivity contribution is -0.164. The molecule has 0 fully saturated rings. The Hall–Kier alpha value is -0.570. The molecule has 0 heterocycles. The topological polar surface area (TPSA) is 29.5 Å². The third kappa shape index (κ3) is 7.88. The number of hydrogen-bond acceptors (Lipinski definition) is 3. The number of likely N-dealkylation sites (N-methyl/N-ethyl adjacent to an activating group) is 1. The number of carbonyl (C=O) groups excluding carboxylic acids is 1. The molecule has 1 atom stereocenters. The summed E-state index contributed by atoms with van der Waals surface area (Å²) in [6, 6.07) is -0.208. The van der Waals surface area contributed by atoms with E-state index in [1.807, 2.05) is 39.8 Å². The van der Waals surface area contributed by atoms with Crippen molar-refractivity contribution >= 4 is 5.97 Å². The molecule has 0 spiro atoms. The Bertz CT molecular complexity index is 324. The van der Waals surface area contributed by atoms with Crippen molar-refractivity contribution in [1.82, 2.24) is 4.90 Å². The Labute approximate surface area is 126 Å². The first-order chi connectivity index (χ1) is 8.65. The molecule has 0 aliphatic rings. The van der Waals surface area contributed by atoms with Crippen molar-refractivity contribution in [3.63, 3.8) is 0 Å². The third-order valence-corrected chi connectivity index (χ3v) is 3.41. The molecule has 0 aromatic rings. The van der Waals surface area contributed by atoms with Crippen LogP contribution in [0.15, 0.2) is 0 Å². The maximum absolute atomic E-state index is 12.1. The fourth-order valence-electron chi connectivity index (χ4n) is 3.26. The minimum Gasteiger partial charge on any atom is -0.458 e. The lowest BCUT2D eigenvalue weighted by Crippen LogP contribution is -2.41. The van der Waals surface area contributed by atoms with Crippen LogP contribution < -0.4 is 0 Å². The monoisotopic (exact) mass is 285 g/mol. The quantitative estimate of drug-likeness (QED) is 0.688. The molecule has 0 aromatic heterocycles. The summed E-state index contributed by atoms with van der Waals surface area (Å²) >= 11 is 0. The van der Waals surface area contributed by atoms with Gasteiger partial charge in [-0.2, -0.15) is 0 Å². The summed E-state index contributed by atoms with van der Waals surface area (Å²) < 4.78 is 5.73. The molecule has 0 aliphatic carbocycles. The molecule has 3 nitrogen and oxygen atoms in total. The molecule has 0 aromatic carbocycles. The third-order valence-electron chi connectivity index (χ3n) is 3.41. The van der Waals surface area contributed by atoms with E-state index in [2.05, 4.69) is 34.6 Å². The van der Waals surface area contributed by atoms with Crippen molar-refractivity contribution < 1.29 is 9.53 Å². The molecule has 0 aliphatic heterocycles. The highest BCUT2D eigenvalue weighted by atomic mass is 16.6. The fraction of sp³-hybridized carbons (Fsp3) is 0.941. The zero-order chi connectivity index (χ0) is 16.4. The van der Waals surface area contributed by atoms with E-state index in [1.54, 1.807) is 0 Å². The fourth-order valence-corrected chi connectivity index (χ4v) is 3.26. The number of carbonyl (C=O) groups is 1. The van der Waals surface area contributed by atoms with Crippen molar-refractivity contribution in [2.24, 2.45) is 10.8 Å². The van der Waals surface area contributed by atoms with Crippen LogP contribution in [-0.4, -0.2) is 36.6 Å². The predicted molar refractivity (Wildman–Crippen MR) is 85.8 cm³/mol. The molecular formula is C17H35NO2. The van der Waals surface area contributed by atoms with E-state index >= 15 is 0 Å². The van der Waals surface area contributed by atoms with Crippen molar-refractivity contribution in [3.8, 4) is 0 Å². The Morgan fingerprint density at radius 3 is 1.80 bits per heavy atom. The molecule has 0 rings (SSSR count). The number of hydrogen-bond donors (Lipinski definition) is 0. The molecule has 0 saturated heterocycles. The van der Waals surface area contributed by atoms with Crippen LogP contribution in [0.1, 0.15) is 68.2 Å². The normalized spacial score (nSPS) is 15.3. The van der Waals surface area contributed by atoms with Crippen molar-refractivity contribution in [2.45, 2.75) is 79.9 Å². The first-order valence-corrected chi connectivity index (χ1v) is 7.55. The van der Waals surface area contributed by atoms with Gasteiger partial charge in [-0.15, -0.1) is 0 Å². The zero-order valence-electron chi connectivity index (χ0n) is 15.3. The maximum atomic E-state index is 12.1. The molecule has 3 heteroatoms.